The van der Waals surface area contributed by atoms with E-state index in [1.54, 1.807) is 0 Å². The molecule has 0 aromatic heterocycles. The Labute approximate surface area is 326 Å². The van der Waals surface area contributed by atoms with E-state index in [0.29, 0.717) is 90.6 Å². The van der Waals surface area contributed by atoms with Gasteiger partial charge in [-0.2, -0.15) is 0 Å². The number of piperidine rings is 2. The summed E-state index contributed by atoms with van der Waals surface area (Å²) in [5.74, 6) is -2.46. The Hall–Kier alpha value is -1.38. The van der Waals surface area contributed by atoms with Crippen LogP contribution in [0.4, 0.5) is 0 Å². The van der Waals surface area contributed by atoms with Gasteiger partial charge in [0.25, 0.3) is 0 Å². The lowest BCUT2D eigenvalue weighted by Gasteiger charge is -2.62. The quantitative estimate of drug-likeness (QED) is 0.119. The van der Waals surface area contributed by atoms with Gasteiger partial charge in [-0.15, -0.1) is 20.5 Å². The second-order valence-electron chi connectivity index (χ2n) is 19.1. The molecule has 2 radical (unpaired) electrons. The fraction of sp³-hybridized carbons (Fsp3) is 0.952. The van der Waals surface area contributed by atoms with Gasteiger partial charge in [0.1, 0.15) is 13.2 Å². The van der Waals surface area contributed by atoms with E-state index < -0.39 is 44.6 Å². The first-order valence-electron chi connectivity index (χ1n) is 20.9. The Kier molecular flexibility index (Phi) is 14.1. The highest BCUT2D eigenvalue weighted by Crippen LogP contribution is 2.55. The first kappa shape index (κ1) is 45.3. The van der Waals surface area contributed by atoms with E-state index in [0.717, 1.165) is 12.8 Å². The molecule has 0 aliphatic carbocycles. The number of esters is 2. The zero-order valence-corrected chi connectivity index (χ0v) is 35.9. The van der Waals surface area contributed by atoms with Crippen molar-refractivity contribution in [1.29, 1.82) is 0 Å². The highest BCUT2D eigenvalue weighted by molar-refractivity contribution is 5.69. The van der Waals surface area contributed by atoms with Crippen molar-refractivity contribution in [3.05, 3.63) is 0 Å². The molecule has 54 heavy (non-hydrogen) atoms. The summed E-state index contributed by atoms with van der Waals surface area (Å²) in [4.78, 5) is 25.3. The van der Waals surface area contributed by atoms with Gasteiger partial charge in [0.05, 0.1) is 48.6 Å². The number of unbranched alkanes of at least 4 members (excludes halogenated alkanes) is 3. The molecule has 4 saturated heterocycles. The number of hydrogen-bond donors (Lipinski definition) is 0. The Morgan fingerprint density at radius 3 is 1.15 bits per heavy atom. The fourth-order valence-electron chi connectivity index (χ4n) is 9.25. The minimum atomic E-state index is -0.850. The minimum Gasteiger partial charge on any atom is -0.465 e. The molecule has 0 bridgehead atoms. The molecule has 2 spiro atoms. The van der Waals surface area contributed by atoms with Crippen molar-refractivity contribution in [1.82, 2.24) is 10.1 Å². The third kappa shape index (κ3) is 8.71. The molecule has 4 aliphatic heterocycles. The van der Waals surface area contributed by atoms with Crippen LogP contribution in [0.5, 0.6) is 0 Å². The summed E-state index contributed by atoms with van der Waals surface area (Å²) in [5.41, 5.74) is -3.36. The molecule has 4 aliphatic rings. The lowest BCUT2D eigenvalue weighted by molar-refractivity contribution is -0.414. The van der Waals surface area contributed by atoms with E-state index in [4.69, 9.17) is 28.4 Å². The summed E-state index contributed by atoms with van der Waals surface area (Å²) in [6, 6.07) is 0. The van der Waals surface area contributed by atoms with Gasteiger partial charge in [-0.05, 0) is 66.2 Å². The molecule has 4 heterocycles. The number of ether oxygens (including phenoxy) is 6. The zero-order chi connectivity index (χ0) is 40.4. The molecule has 4 rings (SSSR count). The van der Waals surface area contributed by atoms with Gasteiger partial charge in [0, 0.05) is 48.3 Å². The van der Waals surface area contributed by atoms with Crippen LogP contribution in [0.2, 0.25) is 0 Å². The molecule has 6 atom stereocenters. The Morgan fingerprint density at radius 1 is 0.556 bits per heavy atom. The van der Waals surface area contributed by atoms with Crippen LogP contribution < -0.4 is 0 Å². The minimum absolute atomic E-state index is 0.131. The third-order valence-electron chi connectivity index (χ3n) is 14.6. The van der Waals surface area contributed by atoms with Gasteiger partial charge in [-0.25, -0.2) is 0 Å². The molecular weight excluding hydrogens is 692 g/mol. The van der Waals surface area contributed by atoms with Crippen LogP contribution in [0.1, 0.15) is 160 Å². The Balaban J connectivity index is 1.12. The van der Waals surface area contributed by atoms with Crippen LogP contribution in [-0.4, -0.2) is 95.4 Å². The molecule has 0 saturated carbocycles. The van der Waals surface area contributed by atoms with Crippen LogP contribution in [0, 0.1) is 22.7 Å². The predicted octanol–water partition coefficient (Wildman–Crippen LogP) is 7.96. The van der Waals surface area contributed by atoms with Gasteiger partial charge >= 0.3 is 11.9 Å². The van der Waals surface area contributed by atoms with Crippen molar-refractivity contribution in [2.75, 3.05) is 39.6 Å². The normalized spacial score (nSPS) is 43.4. The van der Waals surface area contributed by atoms with Gasteiger partial charge in [0.2, 0.25) is 0 Å². The summed E-state index contributed by atoms with van der Waals surface area (Å²) in [5, 5.41) is 29.5. The lowest BCUT2D eigenvalue weighted by atomic mass is 9.67. The summed E-state index contributed by atoms with van der Waals surface area (Å²) >= 11 is 0. The predicted molar refractivity (Wildman–Crippen MR) is 203 cm³/mol. The van der Waals surface area contributed by atoms with Crippen LogP contribution in [0.25, 0.3) is 0 Å². The fourth-order valence-corrected chi connectivity index (χ4v) is 9.25. The zero-order valence-electron chi connectivity index (χ0n) is 35.9. The van der Waals surface area contributed by atoms with Crippen LogP contribution in [0.15, 0.2) is 0 Å². The third-order valence-corrected chi connectivity index (χ3v) is 14.6. The molecule has 12 nitrogen and oxygen atoms in total. The average molecular weight is 767 g/mol. The Bertz CT molecular complexity index is 1190. The van der Waals surface area contributed by atoms with Crippen LogP contribution in [-0.2, 0) is 48.4 Å². The maximum Gasteiger partial charge on any atom is 0.305 e. The molecule has 0 N–H and O–H groups in total. The number of carbonyl (C=O) groups excluding carboxylic acids is 2. The molecule has 6 unspecified atom stereocenters. The highest BCUT2D eigenvalue weighted by Gasteiger charge is 2.65. The topological polar surface area (TPSA) is 136 Å². The van der Waals surface area contributed by atoms with Crippen molar-refractivity contribution in [3.8, 4) is 0 Å². The number of hydroxylamine groups is 4. The number of rotatable bonds is 15. The summed E-state index contributed by atoms with van der Waals surface area (Å²) in [7, 11) is 0. The maximum absolute atomic E-state index is 13.4. The first-order valence-corrected chi connectivity index (χ1v) is 20.9. The van der Waals surface area contributed by atoms with Crippen molar-refractivity contribution in [3.63, 3.8) is 0 Å². The van der Waals surface area contributed by atoms with Crippen molar-refractivity contribution in [2.45, 2.75) is 194 Å². The van der Waals surface area contributed by atoms with Gasteiger partial charge in [-0.3, -0.25) is 9.59 Å². The van der Waals surface area contributed by atoms with Crippen LogP contribution >= 0.6 is 0 Å². The number of hydrogen-bond acceptors (Lipinski definition) is 10. The van der Waals surface area contributed by atoms with Crippen molar-refractivity contribution in [2.24, 2.45) is 22.7 Å². The standard InChI is InChI=1S/C42H74N2O10/c1-13-37(9)23-41(31(5)39(11,15-3)43(37)47)51-27-35(7,28-52-41)25-49-33(45)21-19-17-18-20-22-34(46)50-26-36(8)29-53-42(54-30-36)24-38(10,14-2)44(48)40(12,16-4)32(42)6/h31-32H,13-30H2,1-12H3. The van der Waals surface area contributed by atoms with Gasteiger partial charge < -0.3 is 28.4 Å². The molecule has 312 valence electrons. The molecule has 0 amide bonds. The molecule has 0 aromatic carbocycles. The SMILES string of the molecule is CCC1(C)CC2(OCC(C)(COC(=O)CCCCCCC(=O)OCC3(C)COC4(CC(C)(CC)N([O])C(C)(CC)C4C)OC3)CO2)C(C)C(C)(CC)N1[O]. The van der Waals surface area contributed by atoms with E-state index in [1.165, 1.54) is 10.1 Å². The van der Waals surface area contributed by atoms with E-state index in [1.807, 2.05) is 69.2 Å². The second-order valence-corrected chi connectivity index (χ2v) is 19.1. The lowest BCUT2D eigenvalue weighted by Crippen LogP contribution is -2.72. The van der Waals surface area contributed by atoms with E-state index in [2.05, 4.69) is 13.8 Å². The largest absolute Gasteiger partial charge is 0.465 e. The molecule has 0 aromatic rings. The summed E-state index contributed by atoms with van der Waals surface area (Å²) in [6.07, 6.45) is 7.36. The van der Waals surface area contributed by atoms with Gasteiger partial charge in [0.15, 0.2) is 11.6 Å². The maximum atomic E-state index is 13.4. The highest BCUT2D eigenvalue weighted by atomic mass is 16.7. The monoisotopic (exact) mass is 767 g/mol. The number of carbonyl (C=O) groups is 2. The molecule has 4 fully saturated rings. The van der Waals surface area contributed by atoms with E-state index in [9.17, 15) is 20.0 Å². The van der Waals surface area contributed by atoms with Crippen molar-refractivity contribution < 1.29 is 48.4 Å². The summed E-state index contributed by atoms with van der Waals surface area (Å²) < 4.78 is 37.5. The van der Waals surface area contributed by atoms with E-state index in [-0.39, 0.29) is 37.0 Å². The average Bonchev–Trinajstić information content (AvgIpc) is 3.17. The molecule has 12 heteroatoms. The number of nitrogens with zero attached hydrogens (tertiary/aromatic N) is 2. The van der Waals surface area contributed by atoms with Crippen molar-refractivity contribution >= 4 is 11.9 Å². The Morgan fingerprint density at radius 2 is 0.870 bits per heavy atom. The van der Waals surface area contributed by atoms with Crippen LogP contribution in [0.3, 0.4) is 0 Å². The second kappa shape index (κ2) is 16.8. The molecular formula is C42H74N2O10. The first-order chi connectivity index (χ1) is 25.1. The van der Waals surface area contributed by atoms with E-state index >= 15 is 0 Å². The summed E-state index contributed by atoms with van der Waals surface area (Å²) in [6.45, 7) is 26.3. The smallest absolute Gasteiger partial charge is 0.305 e. The van der Waals surface area contributed by atoms with Gasteiger partial charge in [-0.1, -0.05) is 68.2 Å².